The first-order chi connectivity index (χ1) is 7.36. The van der Waals surface area contributed by atoms with E-state index in [0.29, 0.717) is 10.6 Å². The van der Waals surface area contributed by atoms with Crippen LogP contribution >= 0.6 is 11.5 Å². The van der Waals surface area contributed by atoms with E-state index < -0.39 is 0 Å². The molecular formula is C10H17N3O2S. The summed E-state index contributed by atoms with van der Waals surface area (Å²) in [6, 6.07) is -0.262. The zero-order valence-corrected chi connectivity index (χ0v) is 10.8. The Balaban J connectivity index is 2.89. The molecule has 0 aliphatic rings. The van der Waals surface area contributed by atoms with Crippen molar-refractivity contribution in [2.24, 2.45) is 0 Å². The maximum absolute atomic E-state index is 11.9. The third-order valence-electron chi connectivity index (χ3n) is 2.06. The van der Waals surface area contributed by atoms with Crippen LogP contribution in [-0.2, 0) is 5.41 Å². The lowest BCUT2D eigenvalue weighted by Gasteiger charge is -2.17. The van der Waals surface area contributed by atoms with Gasteiger partial charge in [-0.1, -0.05) is 25.3 Å². The van der Waals surface area contributed by atoms with Gasteiger partial charge in [-0.25, -0.2) is 0 Å². The molecule has 90 valence electrons. The van der Waals surface area contributed by atoms with Crippen LogP contribution in [0.1, 0.15) is 43.1 Å². The Morgan fingerprint density at radius 2 is 2.19 bits per heavy atom. The molecule has 0 radical (unpaired) electrons. The summed E-state index contributed by atoms with van der Waals surface area (Å²) in [5.74, 6) is -0.221. The topological polar surface area (TPSA) is 75.1 Å². The summed E-state index contributed by atoms with van der Waals surface area (Å²) in [7, 11) is 0. The number of amides is 1. The van der Waals surface area contributed by atoms with Crippen molar-refractivity contribution in [1.82, 2.24) is 14.9 Å². The SMILES string of the molecule is CC(CO)NC(=O)c1snnc1C(C)(C)C. The number of aromatic nitrogens is 2. The van der Waals surface area contributed by atoms with Gasteiger partial charge in [0.05, 0.1) is 12.3 Å². The van der Waals surface area contributed by atoms with E-state index in [1.165, 1.54) is 0 Å². The molecule has 1 rings (SSSR count). The highest BCUT2D eigenvalue weighted by Gasteiger charge is 2.26. The third-order valence-corrected chi connectivity index (χ3v) is 2.78. The maximum Gasteiger partial charge on any atom is 0.265 e. The van der Waals surface area contributed by atoms with Crippen LogP contribution in [0.5, 0.6) is 0 Å². The number of aliphatic hydroxyl groups is 1. The minimum Gasteiger partial charge on any atom is -0.394 e. The highest BCUT2D eigenvalue weighted by Crippen LogP contribution is 2.25. The third kappa shape index (κ3) is 2.99. The molecule has 2 N–H and O–H groups in total. The van der Waals surface area contributed by atoms with Crippen LogP contribution in [0.25, 0.3) is 0 Å². The highest BCUT2D eigenvalue weighted by atomic mass is 32.1. The van der Waals surface area contributed by atoms with Crippen LogP contribution in [0.15, 0.2) is 0 Å². The molecule has 0 bridgehead atoms. The number of carbonyl (C=O) groups excluding carboxylic acids is 1. The Morgan fingerprint density at radius 1 is 1.56 bits per heavy atom. The van der Waals surface area contributed by atoms with Crippen molar-refractivity contribution in [2.75, 3.05) is 6.61 Å². The van der Waals surface area contributed by atoms with E-state index in [-0.39, 0.29) is 24.0 Å². The molecular weight excluding hydrogens is 226 g/mol. The molecule has 1 aromatic heterocycles. The Bertz CT molecular complexity index is 370. The van der Waals surface area contributed by atoms with Gasteiger partial charge in [-0.15, -0.1) is 5.10 Å². The molecule has 1 amide bonds. The van der Waals surface area contributed by atoms with Crippen LogP contribution in [0.3, 0.4) is 0 Å². The van der Waals surface area contributed by atoms with Gasteiger partial charge in [0.1, 0.15) is 4.88 Å². The first kappa shape index (κ1) is 13.1. The fraction of sp³-hybridized carbons (Fsp3) is 0.700. The molecule has 5 nitrogen and oxygen atoms in total. The lowest BCUT2D eigenvalue weighted by Crippen LogP contribution is -2.35. The Labute approximate surface area is 99.0 Å². The molecule has 1 heterocycles. The van der Waals surface area contributed by atoms with Crippen molar-refractivity contribution in [3.8, 4) is 0 Å². The van der Waals surface area contributed by atoms with E-state index in [4.69, 9.17) is 5.11 Å². The van der Waals surface area contributed by atoms with E-state index in [1.54, 1.807) is 6.92 Å². The van der Waals surface area contributed by atoms with Gasteiger partial charge in [-0.05, 0) is 18.5 Å². The summed E-state index contributed by atoms with van der Waals surface area (Å²) < 4.78 is 3.81. The standard InChI is InChI=1S/C10H17N3O2S/c1-6(5-14)11-9(15)7-8(10(2,3)4)12-13-16-7/h6,14H,5H2,1-4H3,(H,11,15). The van der Waals surface area contributed by atoms with Crippen LogP contribution in [-0.4, -0.2) is 33.2 Å². The molecule has 1 unspecified atom stereocenters. The van der Waals surface area contributed by atoms with Crippen molar-refractivity contribution in [3.05, 3.63) is 10.6 Å². The molecule has 0 aliphatic heterocycles. The second kappa shape index (κ2) is 4.88. The normalized spacial score (nSPS) is 13.6. The smallest absolute Gasteiger partial charge is 0.265 e. The zero-order chi connectivity index (χ0) is 12.3. The number of hydrogen-bond donors (Lipinski definition) is 2. The maximum atomic E-state index is 11.9. The predicted molar refractivity (Wildman–Crippen MR) is 62.6 cm³/mol. The van der Waals surface area contributed by atoms with E-state index >= 15 is 0 Å². The van der Waals surface area contributed by atoms with Gasteiger partial charge >= 0.3 is 0 Å². The van der Waals surface area contributed by atoms with Crippen LogP contribution in [0.4, 0.5) is 0 Å². The predicted octanol–water partition coefficient (Wildman–Crippen LogP) is 0.946. The number of aliphatic hydroxyl groups excluding tert-OH is 1. The summed E-state index contributed by atoms with van der Waals surface area (Å²) in [5.41, 5.74) is 0.488. The van der Waals surface area contributed by atoms with Crippen LogP contribution < -0.4 is 5.32 Å². The lowest BCUT2D eigenvalue weighted by atomic mass is 9.91. The van der Waals surface area contributed by atoms with Gasteiger partial charge in [0.15, 0.2) is 0 Å². The Morgan fingerprint density at radius 3 is 2.69 bits per heavy atom. The largest absolute Gasteiger partial charge is 0.394 e. The average Bonchev–Trinajstić information content (AvgIpc) is 2.65. The van der Waals surface area contributed by atoms with E-state index in [0.717, 1.165) is 11.5 Å². The molecule has 0 saturated heterocycles. The molecule has 0 saturated carbocycles. The fourth-order valence-corrected chi connectivity index (χ4v) is 1.94. The second-order valence-corrected chi connectivity index (χ2v) is 5.51. The summed E-state index contributed by atoms with van der Waals surface area (Å²) in [6.07, 6.45) is 0. The quantitative estimate of drug-likeness (QED) is 0.828. The van der Waals surface area contributed by atoms with Gasteiger partial charge in [-0.3, -0.25) is 4.79 Å². The van der Waals surface area contributed by atoms with Crippen molar-refractivity contribution in [1.29, 1.82) is 0 Å². The minimum absolute atomic E-state index is 0.0805. The zero-order valence-electron chi connectivity index (χ0n) is 9.94. The first-order valence-corrected chi connectivity index (χ1v) is 5.88. The number of nitrogens with zero attached hydrogens (tertiary/aromatic N) is 2. The molecule has 0 spiro atoms. The summed E-state index contributed by atoms with van der Waals surface area (Å²) in [4.78, 5) is 12.4. The number of nitrogens with one attached hydrogen (secondary N) is 1. The van der Waals surface area contributed by atoms with Crippen molar-refractivity contribution in [2.45, 2.75) is 39.2 Å². The van der Waals surface area contributed by atoms with Crippen LogP contribution in [0, 0.1) is 0 Å². The van der Waals surface area contributed by atoms with Crippen LogP contribution in [0.2, 0.25) is 0 Å². The summed E-state index contributed by atoms with van der Waals surface area (Å²) in [5, 5.41) is 15.5. The van der Waals surface area contributed by atoms with Gasteiger partial charge < -0.3 is 10.4 Å². The second-order valence-electron chi connectivity index (χ2n) is 4.76. The molecule has 1 atom stereocenters. The number of carbonyl (C=O) groups is 1. The fourth-order valence-electron chi connectivity index (χ4n) is 1.17. The summed E-state index contributed by atoms with van der Waals surface area (Å²) in [6.45, 7) is 7.61. The monoisotopic (exact) mass is 243 g/mol. The molecule has 0 aliphatic carbocycles. The number of hydrogen-bond acceptors (Lipinski definition) is 5. The summed E-state index contributed by atoms with van der Waals surface area (Å²) >= 11 is 1.08. The minimum atomic E-state index is -0.262. The van der Waals surface area contributed by atoms with E-state index in [2.05, 4.69) is 14.9 Å². The number of rotatable bonds is 3. The molecule has 0 aromatic carbocycles. The Hall–Kier alpha value is -1.01. The lowest BCUT2D eigenvalue weighted by molar-refractivity contribution is 0.0924. The van der Waals surface area contributed by atoms with Gasteiger partial charge in [0, 0.05) is 11.5 Å². The molecule has 1 aromatic rings. The molecule has 0 fully saturated rings. The van der Waals surface area contributed by atoms with E-state index in [1.807, 2.05) is 20.8 Å². The van der Waals surface area contributed by atoms with Crippen molar-refractivity contribution < 1.29 is 9.90 Å². The molecule has 16 heavy (non-hydrogen) atoms. The van der Waals surface area contributed by atoms with Crippen molar-refractivity contribution in [3.63, 3.8) is 0 Å². The average molecular weight is 243 g/mol. The van der Waals surface area contributed by atoms with Crippen molar-refractivity contribution >= 4 is 17.4 Å². The van der Waals surface area contributed by atoms with E-state index in [9.17, 15) is 4.79 Å². The highest BCUT2D eigenvalue weighted by molar-refractivity contribution is 7.08. The van der Waals surface area contributed by atoms with Gasteiger partial charge in [-0.2, -0.15) is 0 Å². The van der Waals surface area contributed by atoms with Gasteiger partial charge in [0.2, 0.25) is 0 Å². The first-order valence-electron chi connectivity index (χ1n) is 5.10. The Kier molecular flexibility index (Phi) is 3.98. The molecule has 6 heteroatoms. The van der Waals surface area contributed by atoms with Gasteiger partial charge in [0.25, 0.3) is 5.91 Å².